The van der Waals surface area contributed by atoms with Crippen LogP contribution in [0.1, 0.15) is 48.2 Å². The van der Waals surface area contributed by atoms with Gasteiger partial charge < -0.3 is 5.73 Å². The Hall–Kier alpha value is -2.77. The van der Waals surface area contributed by atoms with E-state index >= 15 is 0 Å². The fourth-order valence-corrected chi connectivity index (χ4v) is 3.01. The molecule has 1 aliphatic rings. The Morgan fingerprint density at radius 2 is 2.08 bits per heavy atom. The highest BCUT2D eigenvalue weighted by Gasteiger charge is 2.16. The lowest BCUT2D eigenvalue weighted by atomic mass is 9.96. The molecule has 2 aromatic heterocycles. The van der Waals surface area contributed by atoms with E-state index in [9.17, 15) is 9.59 Å². The first-order chi connectivity index (χ1) is 12.0. The SMILES string of the molecule is Cc1ccn(C(=O)c2cn(CC(N)=O)nn2)c(=NC2CCCCC2)c1. The lowest BCUT2D eigenvalue weighted by molar-refractivity contribution is -0.118. The summed E-state index contributed by atoms with van der Waals surface area (Å²) in [5, 5.41) is 7.62. The number of amides is 1. The molecule has 0 radical (unpaired) electrons. The number of aromatic nitrogens is 4. The minimum atomic E-state index is -0.542. The zero-order valence-corrected chi connectivity index (χ0v) is 14.3. The molecule has 132 valence electrons. The van der Waals surface area contributed by atoms with Crippen molar-refractivity contribution in [3.05, 3.63) is 41.3 Å². The first kappa shape index (κ1) is 17.1. The van der Waals surface area contributed by atoms with E-state index in [1.165, 1.54) is 34.7 Å². The van der Waals surface area contributed by atoms with Crippen LogP contribution in [-0.4, -0.2) is 37.4 Å². The van der Waals surface area contributed by atoms with Crippen molar-refractivity contribution >= 4 is 11.8 Å². The van der Waals surface area contributed by atoms with Crippen molar-refractivity contribution in [2.75, 3.05) is 0 Å². The molecule has 25 heavy (non-hydrogen) atoms. The summed E-state index contributed by atoms with van der Waals surface area (Å²) in [5.41, 5.74) is 6.95. The number of primary amides is 1. The fourth-order valence-electron chi connectivity index (χ4n) is 3.01. The van der Waals surface area contributed by atoms with Gasteiger partial charge in [0.05, 0.1) is 12.2 Å². The van der Waals surface area contributed by atoms with Crippen LogP contribution in [0, 0.1) is 6.92 Å². The zero-order valence-electron chi connectivity index (χ0n) is 14.3. The number of nitrogens with zero attached hydrogens (tertiary/aromatic N) is 5. The lowest BCUT2D eigenvalue weighted by Crippen LogP contribution is -2.30. The molecular formula is C17H22N6O2. The number of carbonyl (C=O) groups is 2. The van der Waals surface area contributed by atoms with Crippen molar-refractivity contribution in [1.82, 2.24) is 19.6 Å². The highest BCUT2D eigenvalue weighted by atomic mass is 16.2. The van der Waals surface area contributed by atoms with Gasteiger partial charge in [-0.2, -0.15) is 0 Å². The average Bonchev–Trinajstić information content (AvgIpc) is 3.03. The molecule has 2 N–H and O–H groups in total. The average molecular weight is 342 g/mol. The first-order valence-corrected chi connectivity index (χ1v) is 8.49. The van der Waals surface area contributed by atoms with Crippen LogP contribution in [-0.2, 0) is 11.3 Å². The van der Waals surface area contributed by atoms with E-state index < -0.39 is 5.91 Å². The molecule has 0 unspecified atom stereocenters. The highest BCUT2D eigenvalue weighted by Crippen LogP contribution is 2.19. The van der Waals surface area contributed by atoms with Crippen LogP contribution in [0.25, 0.3) is 0 Å². The summed E-state index contributed by atoms with van der Waals surface area (Å²) in [6.07, 6.45) is 8.83. The number of carbonyl (C=O) groups excluding carboxylic acids is 2. The standard InChI is InChI=1S/C17H22N6O2/c1-12-7-8-23(16(9-12)19-13-5-3-2-4-6-13)17(25)14-10-22(21-20-14)11-15(18)24/h7-10,13H,2-6,11H2,1H3,(H2,18,24). The molecule has 8 heteroatoms. The Labute approximate surface area is 145 Å². The van der Waals surface area contributed by atoms with Crippen LogP contribution in [0.15, 0.2) is 29.5 Å². The number of rotatable bonds is 4. The maximum Gasteiger partial charge on any atom is 0.285 e. The molecule has 0 aliphatic heterocycles. The number of pyridine rings is 1. The van der Waals surface area contributed by atoms with Gasteiger partial charge in [-0.25, -0.2) is 4.68 Å². The normalized spacial score (nSPS) is 16.1. The van der Waals surface area contributed by atoms with Gasteiger partial charge in [0, 0.05) is 6.20 Å². The molecule has 0 atom stereocenters. The van der Waals surface area contributed by atoms with E-state index in [0.717, 1.165) is 18.4 Å². The second-order valence-electron chi connectivity index (χ2n) is 6.43. The molecule has 1 amide bonds. The van der Waals surface area contributed by atoms with Gasteiger partial charge in [-0.3, -0.25) is 19.1 Å². The molecular weight excluding hydrogens is 320 g/mol. The summed E-state index contributed by atoms with van der Waals surface area (Å²) in [7, 11) is 0. The second-order valence-corrected chi connectivity index (χ2v) is 6.43. The third-order valence-electron chi connectivity index (χ3n) is 4.27. The van der Waals surface area contributed by atoms with Gasteiger partial charge in [0.2, 0.25) is 5.91 Å². The van der Waals surface area contributed by atoms with Gasteiger partial charge in [-0.1, -0.05) is 24.5 Å². The molecule has 1 saturated carbocycles. The Morgan fingerprint density at radius 3 is 2.80 bits per heavy atom. The Kier molecular flexibility index (Phi) is 5.06. The van der Waals surface area contributed by atoms with Crippen molar-refractivity contribution in [3.63, 3.8) is 0 Å². The summed E-state index contributed by atoms with van der Waals surface area (Å²) >= 11 is 0. The molecule has 2 heterocycles. The van der Waals surface area contributed by atoms with Gasteiger partial charge in [-0.05, 0) is 37.5 Å². The summed E-state index contributed by atoms with van der Waals surface area (Å²) in [6.45, 7) is 1.86. The maximum absolute atomic E-state index is 12.8. The van der Waals surface area contributed by atoms with Gasteiger partial charge in [0.1, 0.15) is 12.0 Å². The zero-order chi connectivity index (χ0) is 17.8. The van der Waals surface area contributed by atoms with E-state index in [4.69, 9.17) is 10.7 Å². The Balaban J connectivity index is 1.93. The predicted octanol–water partition coefficient (Wildman–Crippen LogP) is 0.795. The van der Waals surface area contributed by atoms with E-state index in [1.807, 2.05) is 19.1 Å². The molecule has 0 spiro atoms. The third kappa shape index (κ3) is 4.20. The molecule has 1 aliphatic carbocycles. The number of nitrogens with two attached hydrogens (primary N) is 1. The van der Waals surface area contributed by atoms with Gasteiger partial charge in [0.25, 0.3) is 5.91 Å². The summed E-state index contributed by atoms with van der Waals surface area (Å²) in [6, 6.07) is 4.01. The van der Waals surface area contributed by atoms with E-state index in [2.05, 4.69) is 10.3 Å². The van der Waals surface area contributed by atoms with Crippen molar-refractivity contribution in [3.8, 4) is 0 Å². The molecule has 0 bridgehead atoms. The largest absolute Gasteiger partial charge is 0.368 e. The van der Waals surface area contributed by atoms with Gasteiger partial charge in [0.15, 0.2) is 5.69 Å². The molecule has 2 aromatic rings. The highest BCUT2D eigenvalue weighted by molar-refractivity contribution is 5.93. The monoisotopic (exact) mass is 342 g/mol. The van der Waals surface area contributed by atoms with Gasteiger partial charge >= 0.3 is 0 Å². The first-order valence-electron chi connectivity index (χ1n) is 8.49. The second kappa shape index (κ2) is 7.42. The number of aryl methyl sites for hydroxylation is 1. The van der Waals surface area contributed by atoms with Crippen LogP contribution >= 0.6 is 0 Å². The number of hydrogen-bond acceptors (Lipinski definition) is 5. The minimum absolute atomic E-state index is 0.113. The van der Waals surface area contributed by atoms with Crippen molar-refractivity contribution in [1.29, 1.82) is 0 Å². The topological polar surface area (TPSA) is 108 Å². The van der Waals surface area contributed by atoms with Crippen molar-refractivity contribution in [2.45, 2.75) is 51.6 Å². The lowest BCUT2D eigenvalue weighted by Gasteiger charge is -2.17. The van der Waals surface area contributed by atoms with Crippen LogP contribution in [0.2, 0.25) is 0 Å². The van der Waals surface area contributed by atoms with Crippen LogP contribution in [0.4, 0.5) is 0 Å². The summed E-state index contributed by atoms with van der Waals surface area (Å²) in [5.74, 6) is -0.870. The third-order valence-corrected chi connectivity index (χ3v) is 4.27. The molecule has 3 rings (SSSR count). The molecule has 8 nitrogen and oxygen atoms in total. The quantitative estimate of drug-likeness (QED) is 0.886. The van der Waals surface area contributed by atoms with E-state index in [1.54, 1.807) is 6.20 Å². The van der Waals surface area contributed by atoms with Crippen LogP contribution in [0.3, 0.4) is 0 Å². The smallest absolute Gasteiger partial charge is 0.285 e. The predicted molar refractivity (Wildman–Crippen MR) is 90.5 cm³/mol. The Bertz CT molecular complexity index is 845. The van der Waals surface area contributed by atoms with Gasteiger partial charge in [-0.15, -0.1) is 5.10 Å². The molecule has 1 fully saturated rings. The molecule has 0 saturated heterocycles. The van der Waals surface area contributed by atoms with Crippen LogP contribution < -0.4 is 11.2 Å². The maximum atomic E-state index is 12.8. The molecule has 0 aromatic carbocycles. The Morgan fingerprint density at radius 1 is 1.32 bits per heavy atom. The van der Waals surface area contributed by atoms with E-state index in [0.29, 0.717) is 5.49 Å². The summed E-state index contributed by atoms with van der Waals surface area (Å²) < 4.78 is 2.74. The summed E-state index contributed by atoms with van der Waals surface area (Å²) in [4.78, 5) is 28.5. The number of hydrogen-bond donors (Lipinski definition) is 1. The van der Waals surface area contributed by atoms with E-state index in [-0.39, 0.29) is 24.2 Å². The minimum Gasteiger partial charge on any atom is -0.368 e. The van der Waals surface area contributed by atoms with Crippen molar-refractivity contribution < 1.29 is 9.59 Å². The fraction of sp³-hybridized carbons (Fsp3) is 0.471. The van der Waals surface area contributed by atoms with Crippen LogP contribution in [0.5, 0.6) is 0 Å². The van der Waals surface area contributed by atoms with Crippen molar-refractivity contribution in [2.24, 2.45) is 10.7 Å².